The normalized spacial score (nSPS) is 12.4. The van der Waals surface area contributed by atoms with Crippen LogP contribution in [0.25, 0.3) is 11.1 Å². The molecular weight excluding hydrogens is 556 g/mol. The van der Waals surface area contributed by atoms with Gasteiger partial charge in [-0.25, -0.2) is 14.4 Å². The van der Waals surface area contributed by atoms with Gasteiger partial charge in [-0.05, 0) is 58.1 Å². The number of nitrogens with one attached hydrogen (secondary N) is 1. The van der Waals surface area contributed by atoms with E-state index in [0.29, 0.717) is 0 Å². The number of fused-ring (bicyclic) bond motifs is 3. The van der Waals surface area contributed by atoms with Gasteiger partial charge in [-0.2, -0.15) is 0 Å². The fourth-order valence-electron chi connectivity index (χ4n) is 5.04. The lowest BCUT2D eigenvalue weighted by Crippen LogP contribution is -2.42. The highest BCUT2D eigenvalue weighted by atomic mass is 16.6. The predicted octanol–water partition coefficient (Wildman–Crippen LogP) is 5.71. The second-order valence-corrected chi connectivity index (χ2v) is 9.74. The summed E-state index contributed by atoms with van der Waals surface area (Å²) in [6.07, 6.45) is -1.16. The highest BCUT2D eigenvalue weighted by molar-refractivity contribution is 5.89. The molecule has 4 aromatic rings. The Balaban J connectivity index is 1.25. The molecular formula is C32H26N2O9. The predicted molar refractivity (Wildman–Crippen MR) is 154 cm³/mol. The van der Waals surface area contributed by atoms with Crippen LogP contribution in [0.2, 0.25) is 0 Å². The number of nitro benzene ring substituents is 1. The second-order valence-electron chi connectivity index (χ2n) is 9.74. The summed E-state index contributed by atoms with van der Waals surface area (Å²) in [7, 11) is 1.25. The molecule has 0 aliphatic heterocycles. The van der Waals surface area contributed by atoms with Crippen LogP contribution in [-0.2, 0) is 20.7 Å². The third-order valence-corrected chi connectivity index (χ3v) is 7.10. The third kappa shape index (κ3) is 6.30. The molecule has 11 heteroatoms. The van der Waals surface area contributed by atoms with Gasteiger partial charge in [0.15, 0.2) is 0 Å². The van der Waals surface area contributed by atoms with E-state index in [1.54, 1.807) is 0 Å². The lowest BCUT2D eigenvalue weighted by Gasteiger charge is -2.18. The van der Waals surface area contributed by atoms with Crippen LogP contribution in [0.1, 0.15) is 33.0 Å². The van der Waals surface area contributed by atoms with E-state index in [2.05, 4.69) is 10.1 Å². The molecule has 0 saturated carbocycles. The number of hydrogen-bond acceptors (Lipinski definition) is 8. The summed E-state index contributed by atoms with van der Waals surface area (Å²) in [6.45, 7) is 0.00428. The molecule has 1 atom stereocenters. The molecule has 0 spiro atoms. The largest absolute Gasteiger partial charge is 0.480 e. The molecule has 43 heavy (non-hydrogen) atoms. The van der Waals surface area contributed by atoms with Crippen LogP contribution in [0, 0.1) is 10.1 Å². The van der Waals surface area contributed by atoms with Crippen molar-refractivity contribution in [2.45, 2.75) is 18.4 Å². The Bertz CT molecular complexity index is 1660. The highest BCUT2D eigenvalue weighted by Crippen LogP contribution is 2.44. The van der Waals surface area contributed by atoms with Crippen LogP contribution < -0.4 is 10.1 Å². The molecule has 0 bridgehead atoms. The van der Waals surface area contributed by atoms with Crippen LogP contribution in [0.3, 0.4) is 0 Å². The average Bonchev–Trinajstić information content (AvgIpc) is 3.33. The molecule has 0 radical (unpaired) electrons. The zero-order valence-electron chi connectivity index (χ0n) is 22.9. The van der Waals surface area contributed by atoms with Crippen LogP contribution in [0.5, 0.6) is 11.5 Å². The van der Waals surface area contributed by atoms with Crippen molar-refractivity contribution in [3.8, 4) is 22.6 Å². The molecule has 1 amide bonds. The molecule has 5 rings (SSSR count). The van der Waals surface area contributed by atoms with Crippen molar-refractivity contribution >= 4 is 23.7 Å². The number of methoxy groups -OCH3 is 1. The van der Waals surface area contributed by atoms with E-state index in [-0.39, 0.29) is 41.6 Å². The monoisotopic (exact) mass is 582 g/mol. The summed E-state index contributed by atoms with van der Waals surface area (Å²) in [5.41, 5.74) is 4.31. The molecule has 2 N–H and O–H groups in total. The van der Waals surface area contributed by atoms with E-state index in [0.717, 1.165) is 22.3 Å². The van der Waals surface area contributed by atoms with Crippen LogP contribution >= 0.6 is 0 Å². The van der Waals surface area contributed by atoms with Gasteiger partial charge in [0.25, 0.3) is 0 Å². The number of benzene rings is 4. The van der Waals surface area contributed by atoms with Gasteiger partial charge in [-0.1, -0.05) is 54.6 Å². The minimum absolute atomic E-state index is 0.00428. The van der Waals surface area contributed by atoms with Gasteiger partial charge in [0.2, 0.25) is 5.75 Å². The van der Waals surface area contributed by atoms with Crippen molar-refractivity contribution < 1.29 is 38.6 Å². The van der Waals surface area contributed by atoms with E-state index in [9.17, 15) is 29.6 Å². The van der Waals surface area contributed by atoms with Crippen LogP contribution in [-0.4, -0.2) is 47.8 Å². The summed E-state index contributed by atoms with van der Waals surface area (Å²) in [5, 5.41) is 23.9. The Morgan fingerprint density at radius 1 is 0.930 bits per heavy atom. The van der Waals surface area contributed by atoms with Gasteiger partial charge < -0.3 is 24.6 Å². The first-order chi connectivity index (χ1) is 20.7. The minimum Gasteiger partial charge on any atom is -0.480 e. The second kappa shape index (κ2) is 12.4. The number of carbonyl (C=O) groups excluding carboxylic acids is 2. The van der Waals surface area contributed by atoms with E-state index in [1.807, 2.05) is 48.5 Å². The molecule has 11 nitrogen and oxygen atoms in total. The summed E-state index contributed by atoms with van der Waals surface area (Å²) in [6, 6.07) is 24.1. The van der Waals surface area contributed by atoms with Gasteiger partial charge in [0.05, 0.1) is 17.6 Å². The number of carboxylic acids is 1. The number of rotatable bonds is 10. The van der Waals surface area contributed by atoms with Crippen molar-refractivity contribution in [1.29, 1.82) is 0 Å². The topological polar surface area (TPSA) is 154 Å². The van der Waals surface area contributed by atoms with E-state index >= 15 is 0 Å². The SMILES string of the molecule is COC(=O)c1ccc(Oc2ccc(CC(NC(=O)OCC3c4ccccc4-c4ccccc43)C(=O)O)cc2[N+](=O)[O-])cc1. The fraction of sp³-hybridized carbons (Fsp3) is 0.156. The number of hydrogen-bond donors (Lipinski definition) is 2. The van der Waals surface area contributed by atoms with Crippen molar-refractivity contribution in [1.82, 2.24) is 5.32 Å². The molecule has 1 aliphatic carbocycles. The Morgan fingerprint density at radius 2 is 1.56 bits per heavy atom. The van der Waals surface area contributed by atoms with Crippen molar-refractivity contribution in [3.05, 3.63) is 123 Å². The van der Waals surface area contributed by atoms with Gasteiger partial charge in [-0.15, -0.1) is 0 Å². The van der Waals surface area contributed by atoms with Crippen LogP contribution in [0.15, 0.2) is 91.0 Å². The van der Waals surface area contributed by atoms with Crippen LogP contribution in [0.4, 0.5) is 10.5 Å². The third-order valence-electron chi connectivity index (χ3n) is 7.10. The number of amides is 1. The zero-order valence-corrected chi connectivity index (χ0v) is 22.9. The molecule has 0 saturated heterocycles. The maximum atomic E-state index is 12.7. The smallest absolute Gasteiger partial charge is 0.407 e. The molecule has 1 unspecified atom stereocenters. The Morgan fingerprint density at radius 3 is 2.14 bits per heavy atom. The Labute approximate surface area is 245 Å². The number of aliphatic carboxylic acids is 1. The van der Waals surface area contributed by atoms with Crippen molar-refractivity contribution in [3.63, 3.8) is 0 Å². The standard InChI is InChI=1S/C32H26N2O9/c1-41-31(37)20-11-13-21(14-12-20)43-29-15-10-19(17-28(29)34(39)40)16-27(30(35)36)33-32(38)42-18-26-24-8-4-2-6-22(24)23-7-3-5-9-25(23)26/h2-15,17,26-27H,16,18H2,1H3,(H,33,38)(H,35,36). The van der Waals surface area contributed by atoms with E-state index in [4.69, 9.17) is 9.47 Å². The fourth-order valence-corrected chi connectivity index (χ4v) is 5.04. The van der Waals surface area contributed by atoms with Crippen molar-refractivity contribution in [2.24, 2.45) is 0 Å². The maximum Gasteiger partial charge on any atom is 0.407 e. The van der Waals surface area contributed by atoms with Gasteiger partial charge in [-0.3, -0.25) is 10.1 Å². The summed E-state index contributed by atoms with van der Waals surface area (Å²) in [5.74, 6) is -1.92. The number of esters is 1. The van der Waals surface area contributed by atoms with E-state index in [1.165, 1.54) is 49.6 Å². The lowest BCUT2D eigenvalue weighted by atomic mass is 9.98. The Kier molecular flexibility index (Phi) is 8.33. The number of nitrogens with zero attached hydrogens (tertiary/aromatic N) is 1. The summed E-state index contributed by atoms with van der Waals surface area (Å²) < 4.78 is 15.8. The Hall–Kier alpha value is -5.71. The molecule has 1 aliphatic rings. The number of ether oxygens (including phenoxy) is 3. The summed E-state index contributed by atoms with van der Waals surface area (Å²) >= 11 is 0. The summed E-state index contributed by atoms with van der Waals surface area (Å²) in [4.78, 5) is 47.4. The zero-order chi connectivity index (χ0) is 30.5. The highest BCUT2D eigenvalue weighted by Gasteiger charge is 2.30. The first-order valence-electron chi connectivity index (χ1n) is 13.2. The molecule has 0 heterocycles. The minimum atomic E-state index is -1.41. The number of carbonyl (C=O) groups is 3. The molecule has 4 aromatic carbocycles. The van der Waals surface area contributed by atoms with Gasteiger partial charge in [0, 0.05) is 18.4 Å². The van der Waals surface area contributed by atoms with E-state index < -0.39 is 34.7 Å². The number of carboxylic acid groups (broad SMARTS) is 1. The average molecular weight is 583 g/mol. The van der Waals surface area contributed by atoms with Crippen molar-refractivity contribution in [2.75, 3.05) is 13.7 Å². The van der Waals surface area contributed by atoms with Gasteiger partial charge >= 0.3 is 23.7 Å². The van der Waals surface area contributed by atoms with Gasteiger partial charge in [0.1, 0.15) is 18.4 Å². The molecule has 218 valence electrons. The first-order valence-corrected chi connectivity index (χ1v) is 13.2. The quantitative estimate of drug-likeness (QED) is 0.136. The number of nitro groups is 1. The molecule has 0 fully saturated rings. The maximum absolute atomic E-state index is 12.7. The number of alkyl carbamates (subject to hydrolysis) is 1. The molecule has 0 aromatic heterocycles. The first kappa shape index (κ1) is 28.8. The lowest BCUT2D eigenvalue weighted by molar-refractivity contribution is -0.385.